The Morgan fingerprint density at radius 1 is 1.38 bits per heavy atom. The van der Waals surface area contributed by atoms with Crippen LogP contribution in [0.2, 0.25) is 0 Å². The van der Waals surface area contributed by atoms with Gasteiger partial charge in [-0.3, -0.25) is 4.79 Å². The molecule has 0 bridgehead atoms. The standard InChI is InChI=1S/C12H13F2NO/c1-2-3-4-8-15-12(16)11-9(13)6-5-7-10(11)14/h2-3,5-7H,4,8H2,1H3,(H,15,16)/b3-2+. The van der Waals surface area contributed by atoms with Crippen LogP contribution < -0.4 is 5.32 Å². The first-order valence-corrected chi connectivity index (χ1v) is 5.00. The molecule has 0 atom stereocenters. The summed E-state index contributed by atoms with van der Waals surface area (Å²) in [6.07, 6.45) is 4.34. The molecule has 1 rings (SSSR count). The third-order valence-corrected chi connectivity index (χ3v) is 2.02. The van der Waals surface area contributed by atoms with Crippen LogP contribution in [0.5, 0.6) is 0 Å². The van der Waals surface area contributed by atoms with E-state index in [1.165, 1.54) is 6.07 Å². The molecule has 0 aromatic heterocycles. The summed E-state index contributed by atoms with van der Waals surface area (Å²) in [4.78, 5) is 11.4. The monoisotopic (exact) mass is 225 g/mol. The van der Waals surface area contributed by atoms with Gasteiger partial charge in [-0.25, -0.2) is 8.78 Å². The first kappa shape index (κ1) is 12.4. The Kier molecular flexibility index (Phi) is 4.64. The normalized spacial score (nSPS) is 10.7. The van der Waals surface area contributed by atoms with Crippen molar-refractivity contribution in [3.05, 3.63) is 47.5 Å². The number of amides is 1. The number of rotatable bonds is 4. The number of hydrogen-bond acceptors (Lipinski definition) is 1. The molecule has 0 heterocycles. The molecule has 4 heteroatoms. The number of benzene rings is 1. The summed E-state index contributed by atoms with van der Waals surface area (Å²) in [7, 11) is 0. The predicted octanol–water partition coefficient (Wildman–Crippen LogP) is 2.66. The second-order valence-electron chi connectivity index (χ2n) is 3.21. The minimum atomic E-state index is -0.844. The molecule has 0 radical (unpaired) electrons. The third kappa shape index (κ3) is 3.15. The molecule has 2 nitrogen and oxygen atoms in total. The fourth-order valence-electron chi connectivity index (χ4n) is 1.24. The molecule has 0 saturated heterocycles. The molecule has 1 aromatic rings. The quantitative estimate of drug-likeness (QED) is 0.619. The number of hydrogen-bond donors (Lipinski definition) is 1. The van der Waals surface area contributed by atoms with E-state index >= 15 is 0 Å². The van der Waals surface area contributed by atoms with Crippen LogP contribution in [-0.4, -0.2) is 12.5 Å². The first-order valence-electron chi connectivity index (χ1n) is 5.00. The highest BCUT2D eigenvalue weighted by molar-refractivity contribution is 5.94. The smallest absolute Gasteiger partial charge is 0.257 e. The van der Waals surface area contributed by atoms with Crippen molar-refractivity contribution in [3.63, 3.8) is 0 Å². The van der Waals surface area contributed by atoms with Crippen LogP contribution in [0.25, 0.3) is 0 Å². The van der Waals surface area contributed by atoms with Gasteiger partial charge in [-0.2, -0.15) is 0 Å². The van der Waals surface area contributed by atoms with Crippen LogP contribution in [-0.2, 0) is 0 Å². The van der Waals surface area contributed by atoms with Gasteiger partial charge in [0, 0.05) is 6.54 Å². The largest absolute Gasteiger partial charge is 0.352 e. The van der Waals surface area contributed by atoms with Crippen molar-refractivity contribution >= 4 is 5.91 Å². The average Bonchev–Trinajstić information content (AvgIpc) is 2.24. The van der Waals surface area contributed by atoms with Gasteiger partial charge in [0.15, 0.2) is 0 Å². The number of carbonyl (C=O) groups excluding carboxylic acids is 1. The maximum atomic E-state index is 13.2. The second kappa shape index (κ2) is 6.00. The molecule has 1 aromatic carbocycles. The molecule has 0 aliphatic heterocycles. The van der Waals surface area contributed by atoms with Crippen LogP contribution in [0.1, 0.15) is 23.7 Å². The number of nitrogens with one attached hydrogen (secondary N) is 1. The Balaban J connectivity index is 2.66. The molecule has 0 unspecified atom stereocenters. The van der Waals surface area contributed by atoms with Gasteiger partial charge in [-0.15, -0.1) is 0 Å². The summed E-state index contributed by atoms with van der Waals surface area (Å²) in [6, 6.07) is 3.34. The Hall–Kier alpha value is -1.71. The Labute approximate surface area is 93.0 Å². The van der Waals surface area contributed by atoms with Gasteiger partial charge in [0.05, 0.1) is 0 Å². The van der Waals surface area contributed by atoms with E-state index in [2.05, 4.69) is 5.32 Å². The molecular formula is C12H13F2NO. The van der Waals surface area contributed by atoms with E-state index in [1.807, 2.05) is 19.1 Å². The number of halogens is 2. The van der Waals surface area contributed by atoms with Crippen LogP contribution in [0.3, 0.4) is 0 Å². The van der Waals surface area contributed by atoms with E-state index in [4.69, 9.17) is 0 Å². The van der Waals surface area contributed by atoms with Crippen molar-refractivity contribution in [1.29, 1.82) is 0 Å². The van der Waals surface area contributed by atoms with Gasteiger partial charge in [-0.05, 0) is 25.5 Å². The van der Waals surface area contributed by atoms with E-state index in [0.717, 1.165) is 12.1 Å². The molecule has 16 heavy (non-hydrogen) atoms. The summed E-state index contributed by atoms with van der Waals surface area (Å²) in [5.41, 5.74) is -0.525. The summed E-state index contributed by atoms with van der Waals surface area (Å²) < 4.78 is 26.3. The highest BCUT2D eigenvalue weighted by atomic mass is 19.1. The zero-order valence-corrected chi connectivity index (χ0v) is 8.97. The third-order valence-electron chi connectivity index (χ3n) is 2.02. The lowest BCUT2D eigenvalue weighted by atomic mass is 10.2. The van der Waals surface area contributed by atoms with Crippen molar-refractivity contribution in [1.82, 2.24) is 5.32 Å². The minimum absolute atomic E-state index is 0.358. The maximum absolute atomic E-state index is 13.2. The van der Waals surface area contributed by atoms with Gasteiger partial charge >= 0.3 is 0 Å². The van der Waals surface area contributed by atoms with Gasteiger partial charge in [0.25, 0.3) is 5.91 Å². The number of allylic oxidation sites excluding steroid dienone is 1. The fraction of sp³-hybridized carbons (Fsp3) is 0.250. The van der Waals surface area contributed by atoms with Crippen molar-refractivity contribution in [2.24, 2.45) is 0 Å². The minimum Gasteiger partial charge on any atom is -0.352 e. The maximum Gasteiger partial charge on any atom is 0.257 e. The number of carbonyl (C=O) groups is 1. The van der Waals surface area contributed by atoms with Crippen molar-refractivity contribution in [2.75, 3.05) is 6.54 Å². The summed E-state index contributed by atoms with van der Waals surface area (Å²) in [5.74, 6) is -2.41. The summed E-state index contributed by atoms with van der Waals surface area (Å²) in [6.45, 7) is 2.22. The highest BCUT2D eigenvalue weighted by Gasteiger charge is 2.15. The molecular weight excluding hydrogens is 212 g/mol. The van der Waals surface area contributed by atoms with Crippen molar-refractivity contribution < 1.29 is 13.6 Å². The fourth-order valence-corrected chi connectivity index (χ4v) is 1.24. The van der Waals surface area contributed by atoms with Crippen molar-refractivity contribution in [2.45, 2.75) is 13.3 Å². The van der Waals surface area contributed by atoms with E-state index in [-0.39, 0.29) is 0 Å². The van der Waals surface area contributed by atoms with E-state index in [1.54, 1.807) is 0 Å². The first-order chi connectivity index (χ1) is 7.66. The van der Waals surface area contributed by atoms with E-state index in [0.29, 0.717) is 13.0 Å². The Bertz CT molecular complexity index is 382. The molecule has 0 aliphatic rings. The highest BCUT2D eigenvalue weighted by Crippen LogP contribution is 2.11. The van der Waals surface area contributed by atoms with Gasteiger partial charge in [0.1, 0.15) is 17.2 Å². The SMILES string of the molecule is C/C=C/CCNC(=O)c1c(F)cccc1F. The molecule has 86 valence electrons. The Morgan fingerprint density at radius 3 is 2.56 bits per heavy atom. The molecule has 1 N–H and O–H groups in total. The lowest BCUT2D eigenvalue weighted by molar-refractivity contribution is 0.0946. The van der Waals surface area contributed by atoms with Crippen LogP contribution in [0.4, 0.5) is 8.78 Å². The average molecular weight is 225 g/mol. The predicted molar refractivity (Wildman–Crippen MR) is 58.1 cm³/mol. The molecule has 0 spiro atoms. The lowest BCUT2D eigenvalue weighted by Crippen LogP contribution is -2.26. The van der Waals surface area contributed by atoms with Crippen LogP contribution >= 0.6 is 0 Å². The molecule has 0 saturated carbocycles. The zero-order chi connectivity index (χ0) is 12.0. The van der Waals surface area contributed by atoms with Crippen LogP contribution in [0, 0.1) is 11.6 Å². The zero-order valence-electron chi connectivity index (χ0n) is 8.97. The lowest BCUT2D eigenvalue weighted by Gasteiger charge is -2.05. The second-order valence-corrected chi connectivity index (χ2v) is 3.21. The molecule has 0 aliphatic carbocycles. The van der Waals surface area contributed by atoms with Gasteiger partial charge in [0.2, 0.25) is 0 Å². The molecule has 1 amide bonds. The van der Waals surface area contributed by atoms with Gasteiger partial charge in [-0.1, -0.05) is 18.2 Å². The molecule has 0 fully saturated rings. The topological polar surface area (TPSA) is 29.1 Å². The van der Waals surface area contributed by atoms with Crippen LogP contribution in [0.15, 0.2) is 30.4 Å². The Morgan fingerprint density at radius 2 is 2.00 bits per heavy atom. The van der Waals surface area contributed by atoms with Crippen molar-refractivity contribution in [3.8, 4) is 0 Å². The summed E-state index contributed by atoms with van der Waals surface area (Å²) >= 11 is 0. The van der Waals surface area contributed by atoms with E-state index < -0.39 is 23.1 Å². The van der Waals surface area contributed by atoms with Gasteiger partial charge < -0.3 is 5.32 Å². The van der Waals surface area contributed by atoms with E-state index in [9.17, 15) is 13.6 Å². The summed E-state index contributed by atoms with van der Waals surface area (Å²) in [5, 5.41) is 2.45.